The average molecular weight is 310 g/mol. The smallest absolute Gasteiger partial charge is 0.241 e. The van der Waals surface area contributed by atoms with Gasteiger partial charge in [0, 0.05) is 6.20 Å². The third-order valence-corrected chi connectivity index (χ3v) is 4.44. The molecule has 0 saturated heterocycles. The molecule has 0 aliphatic carbocycles. The summed E-state index contributed by atoms with van der Waals surface area (Å²) in [5, 5.41) is 0. The minimum absolute atomic E-state index is 0.00766. The fourth-order valence-electron chi connectivity index (χ4n) is 1.81. The molecular formula is C14H15FN2O3S. The number of halogens is 1. The Morgan fingerprint density at radius 2 is 2.05 bits per heavy atom. The van der Waals surface area contributed by atoms with Crippen molar-refractivity contribution in [3.63, 3.8) is 0 Å². The highest BCUT2D eigenvalue weighted by atomic mass is 32.2. The van der Waals surface area contributed by atoms with Crippen LogP contribution in [-0.4, -0.2) is 20.5 Å². The van der Waals surface area contributed by atoms with Crippen LogP contribution in [0.25, 0.3) is 0 Å². The lowest BCUT2D eigenvalue weighted by atomic mass is 10.2. The lowest BCUT2D eigenvalue weighted by Gasteiger charge is -2.14. The van der Waals surface area contributed by atoms with E-state index in [-0.39, 0.29) is 10.6 Å². The van der Waals surface area contributed by atoms with Crippen LogP contribution >= 0.6 is 0 Å². The van der Waals surface area contributed by atoms with Crippen LogP contribution in [0.5, 0.6) is 5.75 Å². The Hall–Kier alpha value is -1.99. The van der Waals surface area contributed by atoms with E-state index in [1.54, 1.807) is 31.3 Å². The number of aromatic nitrogens is 1. The second-order valence-corrected chi connectivity index (χ2v) is 6.11. The summed E-state index contributed by atoms with van der Waals surface area (Å²) in [6.45, 7) is 1.67. The van der Waals surface area contributed by atoms with Crippen LogP contribution in [0.15, 0.2) is 47.5 Å². The highest BCUT2D eigenvalue weighted by Gasteiger charge is 2.20. The summed E-state index contributed by atoms with van der Waals surface area (Å²) in [6.07, 6.45) is 1.58. The molecule has 2 rings (SSSR count). The lowest BCUT2D eigenvalue weighted by Crippen LogP contribution is -2.27. The molecule has 112 valence electrons. The van der Waals surface area contributed by atoms with E-state index in [1.165, 1.54) is 19.2 Å². The van der Waals surface area contributed by atoms with E-state index in [0.717, 1.165) is 6.07 Å². The number of ether oxygens (including phenoxy) is 1. The molecule has 5 nitrogen and oxygen atoms in total. The maximum Gasteiger partial charge on any atom is 0.241 e. The molecule has 7 heteroatoms. The Labute approximate surface area is 122 Å². The number of sulfonamides is 1. The first kappa shape index (κ1) is 15.4. The topological polar surface area (TPSA) is 68.3 Å². The predicted molar refractivity (Wildman–Crippen MR) is 75.9 cm³/mol. The van der Waals surface area contributed by atoms with Crippen LogP contribution in [0.3, 0.4) is 0 Å². The van der Waals surface area contributed by atoms with Crippen molar-refractivity contribution in [3.05, 3.63) is 54.1 Å². The van der Waals surface area contributed by atoms with Gasteiger partial charge < -0.3 is 4.74 Å². The van der Waals surface area contributed by atoms with Crippen molar-refractivity contribution < 1.29 is 17.5 Å². The molecule has 0 radical (unpaired) electrons. The summed E-state index contributed by atoms with van der Waals surface area (Å²) >= 11 is 0. The quantitative estimate of drug-likeness (QED) is 0.920. The van der Waals surface area contributed by atoms with E-state index in [4.69, 9.17) is 4.74 Å². The van der Waals surface area contributed by atoms with Crippen LogP contribution in [0, 0.1) is 5.82 Å². The highest BCUT2D eigenvalue weighted by molar-refractivity contribution is 7.89. The molecule has 1 aromatic heterocycles. The largest absolute Gasteiger partial charge is 0.494 e. The van der Waals surface area contributed by atoms with Gasteiger partial charge in [-0.25, -0.2) is 17.5 Å². The third-order valence-electron chi connectivity index (χ3n) is 2.90. The monoisotopic (exact) mass is 310 g/mol. The Bertz CT molecular complexity index is 720. The SMILES string of the molecule is COc1ccc(S(=O)(=O)N[C@@H](C)c2ccccn2)cc1F. The Morgan fingerprint density at radius 1 is 1.29 bits per heavy atom. The molecule has 1 heterocycles. The lowest BCUT2D eigenvalue weighted by molar-refractivity contribution is 0.385. The molecule has 1 N–H and O–H groups in total. The first-order valence-corrected chi connectivity index (χ1v) is 7.69. The molecule has 0 bridgehead atoms. The molecule has 0 spiro atoms. The van der Waals surface area contributed by atoms with Gasteiger partial charge in [0.2, 0.25) is 10.0 Å². The van der Waals surface area contributed by atoms with E-state index < -0.39 is 21.9 Å². The molecular weight excluding hydrogens is 295 g/mol. The molecule has 0 aliphatic heterocycles. The fraction of sp³-hybridized carbons (Fsp3) is 0.214. The number of hydrogen-bond acceptors (Lipinski definition) is 4. The summed E-state index contributed by atoms with van der Waals surface area (Å²) in [5.74, 6) is -0.738. The van der Waals surface area contributed by atoms with Gasteiger partial charge in [-0.3, -0.25) is 4.98 Å². The van der Waals surface area contributed by atoms with Crippen LogP contribution in [0.4, 0.5) is 4.39 Å². The Kier molecular flexibility index (Phi) is 4.54. The second-order valence-electron chi connectivity index (χ2n) is 4.39. The number of rotatable bonds is 5. The summed E-state index contributed by atoms with van der Waals surface area (Å²) in [4.78, 5) is 3.92. The molecule has 2 aromatic rings. The van der Waals surface area contributed by atoms with Gasteiger partial charge in [0.1, 0.15) is 0 Å². The van der Waals surface area contributed by atoms with Crippen molar-refractivity contribution in [1.82, 2.24) is 9.71 Å². The van der Waals surface area contributed by atoms with Gasteiger partial charge in [-0.1, -0.05) is 6.07 Å². The van der Waals surface area contributed by atoms with E-state index in [9.17, 15) is 12.8 Å². The zero-order valence-electron chi connectivity index (χ0n) is 11.6. The van der Waals surface area contributed by atoms with Crippen LogP contribution < -0.4 is 9.46 Å². The van der Waals surface area contributed by atoms with E-state index in [1.807, 2.05) is 0 Å². The van der Waals surface area contributed by atoms with E-state index in [2.05, 4.69) is 9.71 Å². The van der Waals surface area contributed by atoms with Crippen molar-refractivity contribution in [2.24, 2.45) is 0 Å². The number of benzene rings is 1. The van der Waals surface area contributed by atoms with Crippen molar-refractivity contribution in [2.45, 2.75) is 17.9 Å². The minimum atomic E-state index is -3.84. The van der Waals surface area contributed by atoms with Gasteiger partial charge >= 0.3 is 0 Å². The normalized spacial score (nSPS) is 12.9. The second kappa shape index (κ2) is 6.19. The summed E-state index contributed by atoms with van der Waals surface area (Å²) in [7, 11) is -2.53. The summed E-state index contributed by atoms with van der Waals surface area (Å²) < 4.78 is 45.3. The third kappa shape index (κ3) is 3.56. The molecule has 0 aliphatic rings. The summed E-state index contributed by atoms with van der Waals surface area (Å²) in [6, 6.07) is 8.17. The molecule has 1 atom stereocenters. The van der Waals surface area contributed by atoms with E-state index in [0.29, 0.717) is 5.69 Å². The van der Waals surface area contributed by atoms with Crippen LogP contribution in [0.1, 0.15) is 18.7 Å². The van der Waals surface area contributed by atoms with Gasteiger partial charge in [0.05, 0.1) is 23.7 Å². The standard InChI is InChI=1S/C14H15FN2O3S/c1-10(13-5-3-4-8-16-13)17-21(18,19)11-6-7-14(20-2)12(15)9-11/h3-10,17H,1-2H3/t10-/m0/s1. The first-order valence-electron chi connectivity index (χ1n) is 6.21. The zero-order chi connectivity index (χ0) is 15.5. The molecule has 0 amide bonds. The van der Waals surface area contributed by atoms with E-state index >= 15 is 0 Å². The number of nitrogens with zero attached hydrogens (tertiary/aromatic N) is 1. The molecule has 21 heavy (non-hydrogen) atoms. The highest BCUT2D eigenvalue weighted by Crippen LogP contribution is 2.22. The van der Waals surface area contributed by atoms with Gasteiger partial charge in [0.15, 0.2) is 11.6 Å². The molecule has 1 aromatic carbocycles. The first-order chi connectivity index (χ1) is 9.94. The van der Waals surface area contributed by atoms with Crippen molar-refractivity contribution in [1.29, 1.82) is 0 Å². The maximum atomic E-state index is 13.6. The van der Waals surface area contributed by atoms with Crippen LogP contribution in [-0.2, 0) is 10.0 Å². The summed E-state index contributed by atoms with van der Waals surface area (Å²) in [5.41, 5.74) is 0.579. The van der Waals surface area contributed by atoms with Gasteiger partial charge in [0.25, 0.3) is 0 Å². The van der Waals surface area contributed by atoms with Gasteiger partial charge in [-0.05, 0) is 37.3 Å². The fourth-order valence-corrected chi connectivity index (χ4v) is 3.04. The molecule has 0 unspecified atom stereocenters. The van der Waals surface area contributed by atoms with Gasteiger partial charge in [-0.15, -0.1) is 0 Å². The number of methoxy groups -OCH3 is 1. The predicted octanol–water partition coefficient (Wildman–Crippen LogP) is 2.27. The Morgan fingerprint density at radius 3 is 2.62 bits per heavy atom. The average Bonchev–Trinajstić information content (AvgIpc) is 2.47. The van der Waals surface area contributed by atoms with Crippen LogP contribution in [0.2, 0.25) is 0 Å². The maximum absolute atomic E-state index is 13.6. The zero-order valence-corrected chi connectivity index (χ0v) is 12.4. The van der Waals surface area contributed by atoms with Gasteiger partial charge in [-0.2, -0.15) is 0 Å². The van der Waals surface area contributed by atoms with Crippen molar-refractivity contribution in [3.8, 4) is 5.75 Å². The number of pyridine rings is 1. The molecule has 0 saturated carbocycles. The van der Waals surface area contributed by atoms with Crippen molar-refractivity contribution >= 4 is 10.0 Å². The minimum Gasteiger partial charge on any atom is -0.494 e. The Balaban J connectivity index is 2.24. The number of hydrogen-bond donors (Lipinski definition) is 1. The molecule has 0 fully saturated rings. The number of nitrogens with one attached hydrogen (secondary N) is 1. The van der Waals surface area contributed by atoms with Crippen molar-refractivity contribution in [2.75, 3.05) is 7.11 Å².